The lowest BCUT2D eigenvalue weighted by molar-refractivity contribution is -0.123. The van der Waals surface area contributed by atoms with Crippen molar-refractivity contribution in [3.63, 3.8) is 0 Å². The van der Waals surface area contributed by atoms with E-state index < -0.39 is 29.9 Å². The molecular weight excluding hydrogens is 416 g/mol. The van der Waals surface area contributed by atoms with Gasteiger partial charge in [-0.05, 0) is 54.6 Å². The second-order valence-electron chi connectivity index (χ2n) is 6.83. The maximum absolute atomic E-state index is 13.6. The Morgan fingerprint density at radius 2 is 1.81 bits per heavy atom. The number of amides is 2. The first-order chi connectivity index (χ1) is 15.5. The van der Waals surface area contributed by atoms with Gasteiger partial charge in [-0.2, -0.15) is 5.10 Å². The molecule has 4 rings (SSSR count). The fourth-order valence-electron chi connectivity index (χ4n) is 3.03. The summed E-state index contributed by atoms with van der Waals surface area (Å²) < 4.78 is 26.9. The molecule has 0 radical (unpaired) electrons. The van der Waals surface area contributed by atoms with Crippen LogP contribution in [0.2, 0.25) is 0 Å². The third-order valence-corrected chi connectivity index (χ3v) is 4.52. The van der Waals surface area contributed by atoms with E-state index >= 15 is 0 Å². The number of nitrogens with one attached hydrogen (secondary N) is 3. The topological polar surface area (TPSA) is 99.8 Å². The number of H-pyrrole nitrogens is 1. The van der Waals surface area contributed by atoms with E-state index in [1.54, 1.807) is 24.4 Å². The van der Waals surface area contributed by atoms with Gasteiger partial charge < -0.3 is 10.6 Å². The van der Waals surface area contributed by atoms with Crippen LogP contribution in [0.1, 0.15) is 17.8 Å². The predicted octanol–water partition coefficient (Wildman–Crippen LogP) is 4.37. The van der Waals surface area contributed by atoms with Crippen LogP contribution in [0, 0.1) is 11.6 Å². The molecule has 0 unspecified atom stereocenters. The number of carbonyl (C=O) groups is 2. The Labute approximate surface area is 181 Å². The van der Waals surface area contributed by atoms with E-state index in [0.29, 0.717) is 16.9 Å². The zero-order valence-electron chi connectivity index (χ0n) is 16.6. The van der Waals surface area contributed by atoms with Crippen molar-refractivity contribution < 1.29 is 18.4 Å². The van der Waals surface area contributed by atoms with Crippen molar-refractivity contribution in [2.24, 2.45) is 0 Å². The molecule has 3 N–H and O–H groups in total. The van der Waals surface area contributed by atoms with Crippen molar-refractivity contribution >= 4 is 46.2 Å². The minimum Gasteiger partial charge on any atom is -0.326 e. The van der Waals surface area contributed by atoms with Crippen LogP contribution in [0.25, 0.3) is 23.1 Å². The molecule has 7 nitrogen and oxygen atoms in total. The highest BCUT2D eigenvalue weighted by molar-refractivity contribution is 6.08. The number of fused-ring (bicyclic) bond motifs is 1. The number of pyridine rings is 1. The molecule has 0 atom stereocenters. The highest BCUT2D eigenvalue weighted by Crippen LogP contribution is 2.22. The van der Waals surface area contributed by atoms with E-state index in [0.717, 1.165) is 17.1 Å². The summed E-state index contributed by atoms with van der Waals surface area (Å²) >= 11 is 0. The van der Waals surface area contributed by atoms with Crippen LogP contribution >= 0.6 is 0 Å². The van der Waals surface area contributed by atoms with Crippen LogP contribution in [0.15, 0.2) is 60.8 Å². The van der Waals surface area contributed by atoms with Gasteiger partial charge >= 0.3 is 0 Å². The third-order valence-electron chi connectivity index (χ3n) is 4.52. The summed E-state index contributed by atoms with van der Waals surface area (Å²) in [4.78, 5) is 28.4. The molecule has 0 saturated heterocycles. The van der Waals surface area contributed by atoms with E-state index in [4.69, 9.17) is 0 Å². The fraction of sp³-hybridized carbons (Fsp3) is 0.0435. The van der Waals surface area contributed by atoms with Crippen LogP contribution in [0.3, 0.4) is 0 Å². The molecule has 0 aliphatic rings. The molecule has 2 aromatic carbocycles. The normalized spacial score (nSPS) is 11.1. The van der Waals surface area contributed by atoms with Gasteiger partial charge in [0.15, 0.2) is 11.6 Å². The molecule has 9 heteroatoms. The summed E-state index contributed by atoms with van der Waals surface area (Å²) in [6.45, 7) is 0. The summed E-state index contributed by atoms with van der Waals surface area (Å²) in [5.41, 5.74) is 2.32. The summed E-state index contributed by atoms with van der Waals surface area (Å²) in [7, 11) is 0. The number of halogens is 2. The van der Waals surface area contributed by atoms with Gasteiger partial charge in [0.2, 0.25) is 11.8 Å². The van der Waals surface area contributed by atoms with Gasteiger partial charge in [-0.25, -0.2) is 8.78 Å². The van der Waals surface area contributed by atoms with Crippen molar-refractivity contribution in [1.29, 1.82) is 0 Å². The number of hydrogen-bond donors (Lipinski definition) is 3. The monoisotopic (exact) mass is 433 g/mol. The number of hydrogen-bond acceptors (Lipinski definition) is 4. The Hall–Kier alpha value is -4.40. The van der Waals surface area contributed by atoms with Crippen molar-refractivity contribution in [2.45, 2.75) is 6.42 Å². The van der Waals surface area contributed by atoms with Crippen molar-refractivity contribution in [1.82, 2.24) is 15.2 Å². The Balaban J connectivity index is 1.39. The molecule has 2 aromatic heterocycles. The van der Waals surface area contributed by atoms with Crippen molar-refractivity contribution in [3.8, 4) is 0 Å². The van der Waals surface area contributed by atoms with E-state index in [9.17, 15) is 18.4 Å². The predicted molar refractivity (Wildman–Crippen MR) is 117 cm³/mol. The minimum atomic E-state index is -1.18. The van der Waals surface area contributed by atoms with E-state index in [-0.39, 0.29) is 5.69 Å². The number of carbonyl (C=O) groups excluding carboxylic acids is 2. The Bertz CT molecular complexity index is 1320. The van der Waals surface area contributed by atoms with E-state index in [2.05, 4.69) is 25.8 Å². The van der Waals surface area contributed by atoms with E-state index in [1.807, 2.05) is 30.4 Å². The highest BCUT2D eigenvalue weighted by atomic mass is 19.2. The lowest BCUT2D eigenvalue weighted by Gasteiger charge is -2.08. The van der Waals surface area contributed by atoms with Gasteiger partial charge in [-0.1, -0.05) is 12.1 Å². The van der Waals surface area contributed by atoms with Crippen LogP contribution in [0.5, 0.6) is 0 Å². The zero-order chi connectivity index (χ0) is 22.5. The molecule has 2 heterocycles. The van der Waals surface area contributed by atoms with Crippen LogP contribution in [-0.2, 0) is 9.59 Å². The second kappa shape index (κ2) is 9.17. The summed E-state index contributed by atoms with van der Waals surface area (Å²) in [5, 5.41) is 12.8. The largest absolute Gasteiger partial charge is 0.326 e. The van der Waals surface area contributed by atoms with Gasteiger partial charge in [0.1, 0.15) is 6.42 Å². The zero-order valence-corrected chi connectivity index (χ0v) is 16.6. The van der Waals surface area contributed by atoms with Crippen LogP contribution in [-0.4, -0.2) is 27.0 Å². The molecule has 0 aliphatic heterocycles. The molecule has 0 fully saturated rings. The lowest BCUT2D eigenvalue weighted by atomic mass is 10.1. The number of aromatic nitrogens is 3. The maximum Gasteiger partial charge on any atom is 0.233 e. The first kappa shape index (κ1) is 20.9. The first-order valence-electron chi connectivity index (χ1n) is 9.60. The van der Waals surface area contributed by atoms with E-state index in [1.165, 1.54) is 12.1 Å². The molecule has 0 bridgehead atoms. The van der Waals surface area contributed by atoms with Crippen molar-refractivity contribution in [2.75, 3.05) is 10.6 Å². The molecule has 2 amide bonds. The average Bonchev–Trinajstić information content (AvgIpc) is 3.18. The van der Waals surface area contributed by atoms with Gasteiger partial charge in [-0.15, -0.1) is 0 Å². The number of nitrogens with zero attached hydrogens (tertiary/aromatic N) is 2. The second-order valence-corrected chi connectivity index (χ2v) is 6.83. The molecule has 0 spiro atoms. The van der Waals surface area contributed by atoms with Gasteiger partial charge in [0.25, 0.3) is 0 Å². The Kier molecular flexibility index (Phi) is 5.98. The first-order valence-corrected chi connectivity index (χ1v) is 9.60. The maximum atomic E-state index is 13.6. The lowest BCUT2D eigenvalue weighted by Crippen LogP contribution is -2.22. The molecule has 160 valence electrons. The summed E-state index contributed by atoms with van der Waals surface area (Å²) in [6, 6.07) is 14.1. The SMILES string of the molecule is O=C(CC(=O)Nc1cccc(F)c1F)Nc1ccc2c(/C=C/c3ccccn3)n[nH]c2c1. The van der Waals surface area contributed by atoms with Crippen molar-refractivity contribution in [3.05, 3.63) is 83.8 Å². The van der Waals surface area contributed by atoms with Crippen LogP contribution < -0.4 is 10.6 Å². The molecule has 0 saturated carbocycles. The number of benzene rings is 2. The fourth-order valence-corrected chi connectivity index (χ4v) is 3.03. The van der Waals surface area contributed by atoms with Gasteiger partial charge in [0.05, 0.1) is 22.6 Å². The smallest absolute Gasteiger partial charge is 0.233 e. The summed E-state index contributed by atoms with van der Waals surface area (Å²) in [6.07, 6.45) is 4.81. The molecule has 0 aliphatic carbocycles. The Morgan fingerprint density at radius 3 is 2.62 bits per heavy atom. The number of anilines is 2. The number of aromatic amines is 1. The average molecular weight is 433 g/mol. The molecule has 32 heavy (non-hydrogen) atoms. The van der Waals surface area contributed by atoms with Gasteiger partial charge in [0, 0.05) is 17.3 Å². The van der Waals surface area contributed by atoms with Gasteiger partial charge in [-0.3, -0.25) is 19.7 Å². The van der Waals surface area contributed by atoms with Crippen LogP contribution in [0.4, 0.5) is 20.2 Å². The Morgan fingerprint density at radius 1 is 0.969 bits per heavy atom. The highest BCUT2D eigenvalue weighted by Gasteiger charge is 2.14. The minimum absolute atomic E-state index is 0.326. The standard InChI is InChI=1S/C23H17F2N5O2/c24-17-5-3-6-19(23(17)25)28-22(32)13-21(31)27-15-7-9-16-18(29-30-20(16)12-15)10-8-14-4-1-2-11-26-14/h1-12H,13H2,(H,27,31)(H,28,32)(H,29,30)/b10-8+. The summed E-state index contributed by atoms with van der Waals surface area (Å²) in [5.74, 6) is -3.64. The quantitative estimate of drug-likeness (QED) is 0.393. The third kappa shape index (κ3) is 4.84. The molecular formula is C23H17F2N5O2. The number of rotatable bonds is 6. The molecule has 4 aromatic rings.